The van der Waals surface area contributed by atoms with Crippen LogP contribution >= 0.6 is 31.9 Å². The van der Waals surface area contributed by atoms with E-state index in [-0.39, 0.29) is 18.0 Å². The van der Waals surface area contributed by atoms with Gasteiger partial charge in [0.15, 0.2) is 0 Å². The quantitative estimate of drug-likeness (QED) is 0.774. The van der Waals surface area contributed by atoms with E-state index in [0.29, 0.717) is 0 Å². The number of hydrogen-bond donors (Lipinski definition) is 2. The topological polar surface area (TPSA) is 41.1 Å². The van der Waals surface area contributed by atoms with Crippen molar-refractivity contribution in [3.05, 3.63) is 32.7 Å². The van der Waals surface area contributed by atoms with Crippen LogP contribution in [0.3, 0.4) is 0 Å². The molecule has 3 nitrogen and oxygen atoms in total. The molecule has 0 aliphatic rings. The fraction of sp³-hybridized carbons (Fsp3) is 0.500. The fourth-order valence-electron chi connectivity index (χ4n) is 1.79. The summed E-state index contributed by atoms with van der Waals surface area (Å²) in [4.78, 5) is 11.8. The Balaban J connectivity index is 2.63. The summed E-state index contributed by atoms with van der Waals surface area (Å²) in [6, 6.07) is 5.94. The largest absolute Gasteiger partial charge is 0.355 e. The molecule has 0 aromatic heterocycles. The van der Waals surface area contributed by atoms with Gasteiger partial charge < -0.3 is 5.32 Å². The molecule has 1 amide bonds. The minimum atomic E-state index is -0.211. The molecule has 0 aliphatic heterocycles. The van der Waals surface area contributed by atoms with E-state index in [1.165, 1.54) is 0 Å². The van der Waals surface area contributed by atoms with Crippen molar-refractivity contribution in [3.8, 4) is 0 Å². The predicted molar refractivity (Wildman–Crippen MR) is 86.2 cm³/mol. The first-order valence-electron chi connectivity index (χ1n) is 6.44. The zero-order chi connectivity index (χ0) is 14.4. The normalized spacial score (nSPS) is 13.9. The van der Waals surface area contributed by atoms with Gasteiger partial charge in [0.2, 0.25) is 5.91 Å². The maximum absolute atomic E-state index is 11.8. The monoisotopic (exact) mass is 390 g/mol. The molecule has 0 saturated heterocycles. The summed E-state index contributed by atoms with van der Waals surface area (Å²) in [5.41, 5.74) is 1.14. The van der Waals surface area contributed by atoms with Gasteiger partial charge in [-0.05, 0) is 38.0 Å². The molecule has 1 aromatic carbocycles. The molecule has 0 bridgehead atoms. The first-order chi connectivity index (χ1) is 8.95. The third-order valence-corrected chi connectivity index (χ3v) is 4.05. The van der Waals surface area contributed by atoms with E-state index in [0.717, 1.165) is 27.5 Å². The van der Waals surface area contributed by atoms with Gasteiger partial charge in [-0.25, -0.2) is 0 Å². The molecular formula is C14H20Br2N2O. The number of hydrogen-bond acceptors (Lipinski definition) is 2. The highest BCUT2D eigenvalue weighted by Crippen LogP contribution is 2.26. The van der Waals surface area contributed by atoms with Crippen LogP contribution in [0.15, 0.2) is 27.1 Å². The van der Waals surface area contributed by atoms with Gasteiger partial charge in [-0.2, -0.15) is 0 Å². The maximum atomic E-state index is 11.8. The van der Waals surface area contributed by atoms with Crippen molar-refractivity contribution in [2.75, 3.05) is 6.54 Å². The molecule has 5 heteroatoms. The summed E-state index contributed by atoms with van der Waals surface area (Å²) in [7, 11) is 0. The summed E-state index contributed by atoms with van der Waals surface area (Å²) in [5, 5.41) is 6.20. The van der Waals surface area contributed by atoms with Crippen LogP contribution in [0.5, 0.6) is 0 Å². The molecule has 0 saturated carbocycles. The molecule has 1 rings (SSSR count). The van der Waals surface area contributed by atoms with Crippen LogP contribution in [0.25, 0.3) is 0 Å². The van der Waals surface area contributed by atoms with Gasteiger partial charge in [-0.15, -0.1) is 0 Å². The molecule has 1 aromatic rings. The van der Waals surface area contributed by atoms with Gasteiger partial charge >= 0.3 is 0 Å². The van der Waals surface area contributed by atoms with Crippen molar-refractivity contribution in [2.24, 2.45) is 0 Å². The predicted octanol–water partition coefficient (Wildman–Crippen LogP) is 3.78. The van der Waals surface area contributed by atoms with E-state index in [1.807, 2.05) is 32.0 Å². The van der Waals surface area contributed by atoms with Gasteiger partial charge in [0, 0.05) is 21.5 Å². The molecular weight excluding hydrogens is 372 g/mol. The Kier molecular flexibility index (Phi) is 7.04. The van der Waals surface area contributed by atoms with E-state index in [4.69, 9.17) is 0 Å². The molecule has 0 fully saturated rings. The van der Waals surface area contributed by atoms with Crippen molar-refractivity contribution >= 4 is 37.8 Å². The number of benzene rings is 1. The fourth-order valence-corrected chi connectivity index (χ4v) is 3.18. The Morgan fingerprint density at radius 3 is 2.58 bits per heavy atom. The van der Waals surface area contributed by atoms with Crippen LogP contribution in [0, 0.1) is 0 Å². The standard InChI is InChI=1S/C14H20Br2N2O/c1-4-7-17-14(19)10(3)18-9(2)12-6-5-11(15)8-13(12)16/h5-6,8-10,18H,4,7H2,1-3H3,(H,17,19). The lowest BCUT2D eigenvalue weighted by molar-refractivity contribution is -0.122. The minimum Gasteiger partial charge on any atom is -0.355 e. The third kappa shape index (κ3) is 5.24. The van der Waals surface area contributed by atoms with Crippen LogP contribution in [-0.4, -0.2) is 18.5 Å². The van der Waals surface area contributed by atoms with E-state index >= 15 is 0 Å². The first kappa shape index (κ1) is 16.7. The van der Waals surface area contributed by atoms with Gasteiger partial charge in [0.1, 0.15) is 0 Å². The van der Waals surface area contributed by atoms with Crippen LogP contribution in [0.2, 0.25) is 0 Å². The molecule has 0 spiro atoms. The zero-order valence-corrected chi connectivity index (χ0v) is 14.6. The Morgan fingerprint density at radius 1 is 1.32 bits per heavy atom. The van der Waals surface area contributed by atoms with Crippen molar-refractivity contribution < 1.29 is 4.79 Å². The molecule has 0 heterocycles. The summed E-state index contributed by atoms with van der Waals surface area (Å²) < 4.78 is 2.06. The smallest absolute Gasteiger partial charge is 0.236 e. The first-order valence-corrected chi connectivity index (χ1v) is 8.03. The number of amides is 1. The lowest BCUT2D eigenvalue weighted by atomic mass is 10.1. The second-order valence-electron chi connectivity index (χ2n) is 4.57. The molecule has 106 valence electrons. The van der Waals surface area contributed by atoms with Crippen LogP contribution < -0.4 is 10.6 Å². The SMILES string of the molecule is CCCNC(=O)C(C)NC(C)c1ccc(Br)cc1Br. The van der Waals surface area contributed by atoms with Gasteiger partial charge in [0.05, 0.1) is 6.04 Å². The molecule has 2 unspecified atom stereocenters. The Hall–Kier alpha value is -0.390. The van der Waals surface area contributed by atoms with Crippen LogP contribution in [-0.2, 0) is 4.79 Å². The second-order valence-corrected chi connectivity index (χ2v) is 6.34. The second kappa shape index (κ2) is 8.02. The average molecular weight is 392 g/mol. The highest BCUT2D eigenvalue weighted by Gasteiger charge is 2.17. The van der Waals surface area contributed by atoms with E-state index in [1.54, 1.807) is 0 Å². The number of carbonyl (C=O) groups is 1. The minimum absolute atomic E-state index is 0.0435. The highest BCUT2D eigenvalue weighted by molar-refractivity contribution is 9.11. The summed E-state index contributed by atoms with van der Waals surface area (Å²) in [6.07, 6.45) is 0.951. The molecule has 2 atom stereocenters. The van der Waals surface area contributed by atoms with E-state index in [9.17, 15) is 4.79 Å². The number of halogens is 2. The van der Waals surface area contributed by atoms with Crippen molar-refractivity contribution in [3.63, 3.8) is 0 Å². The third-order valence-electron chi connectivity index (χ3n) is 2.87. The van der Waals surface area contributed by atoms with Crippen molar-refractivity contribution in [1.82, 2.24) is 10.6 Å². The van der Waals surface area contributed by atoms with Gasteiger partial charge in [-0.3, -0.25) is 10.1 Å². The van der Waals surface area contributed by atoms with Crippen LogP contribution in [0.4, 0.5) is 0 Å². The molecule has 19 heavy (non-hydrogen) atoms. The summed E-state index contributed by atoms with van der Waals surface area (Å²) >= 11 is 6.98. The Morgan fingerprint density at radius 2 is 2.00 bits per heavy atom. The van der Waals surface area contributed by atoms with E-state index < -0.39 is 0 Å². The number of nitrogens with one attached hydrogen (secondary N) is 2. The Labute approximate surface area is 131 Å². The lowest BCUT2D eigenvalue weighted by Gasteiger charge is -2.21. The van der Waals surface area contributed by atoms with E-state index in [2.05, 4.69) is 49.4 Å². The summed E-state index contributed by atoms with van der Waals surface area (Å²) in [6.45, 7) is 6.70. The van der Waals surface area contributed by atoms with Crippen LogP contribution in [0.1, 0.15) is 38.8 Å². The van der Waals surface area contributed by atoms with Crippen molar-refractivity contribution in [2.45, 2.75) is 39.3 Å². The highest BCUT2D eigenvalue weighted by atomic mass is 79.9. The average Bonchev–Trinajstić information content (AvgIpc) is 2.35. The maximum Gasteiger partial charge on any atom is 0.236 e. The number of carbonyl (C=O) groups excluding carboxylic acids is 1. The summed E-state index contributed by atoms with van der Waals surface area (Å²) in [5.74, 6) is 0.0435. The number of rotatable bonds is 6. The van der Waals surface area contributed by atoms with Gasteiger partial charge in [-0.1, -0.05) is 44.8 Å². The molecule has 2 N–H and O–H groups in total. The van der Waals surface area contributed by atoms with Gasteiger partial charge in [0.25, 0.3) is 0 Å². The van der Waals surface area contributed by atoms with Crippen molar-refractivity contribution in [1.29, 1.82) is 0 Å². The molecule has 0 radical (unpaired) electrons. The molecule has 0 aliphatic carbocycles. The Bertz CT molecular complexity index is 437. The zero-order valence-electron chi connectivity index (χ0n) is 11.5. The lowest BCUT2D eigenvalue weighted by Crippen LogP contribution is -2.43.